The lowest BCUT2D eigenvalue weighted by Crippen LogP contribution is -2.17. The number of epoxide rings is 1. The molecule has 0 aromatic heterocycles. The predicted octanol–water partition coefficient (Wildman–Crippen LogP) is 2.38. The minimum atomic E-state index is -0.993. The lowest BCUT2D eigenvalue weighted by Gasteiger charge is -2.16. The van der Waals surface area contributed by atoms with E-state index < -0.39 is 6.29 Å². The van der Waals surface area contributed by atoms with Crippen LogP contribution in [0.1, 0.15) is 36.7 Å². The van der Waals surface area contributed by atoms with Crippen molar-refractivity contribution in [3.8, 4) is 5.75 Å². The van der Waals surface area contributed by atoms with Crippen LogP contribution in [0.25, 0.3) is 0 Å². The fourth-order valence-electron chi connectivity index (χ4n) is 3.35. The summed E-state index contributed by atoms with van der Waals surface area (Å²) >= 11 is 6.16. The number of rotatable bonds is 3. The summed E-state index contributed by atoms with van der Waals surface area (Å²) in [5.74, 6) is 0.987. The quantitative estimate of drug-likeness (QED) is 0.683. The summed E-state index contributed by atoms with van der Waals surface area (Å²) < 4.78 is 16.9. The highest BCUT2D eigenvalue weighted by Gasteiger charge is 2.60. The Morgan fingerprint density at radius 2 is 2.32 bits per heavy atom. The molecule has 3 aliphatic rings. The number of halogens is 1. The summed E-state index contributed by atoms with van der Waals surface area (Å²) in [6.45, 7) is 2.27. The third-order valence-corrected chi connectivity index (χ3v) is 4.39. The normalized spacial score (nSPS) is 35.3. The van der Waals surface area contributed by atoms with Gasteiger partial charge in [-0.05, 0) is 19.1 Å². The Bertz CT molecular complexity index is 532. The lowest BCUT2D eigenvalue weighted by atomic mass is 9.95. The highest BCUT2D eigenvalue weighted by atomic mass is 35.5. The van der Waals surface area contributed by atoms with Crippen molar-refractivity contribution >= 4 is 11.6 Å². The number of fused-ring (bicyclic) bond motifs is 5. The SMILES string of the molecule is CCOC(O)c1cc(Cl)cc2c1OC1C[C@H]3O[C@H]3C21. The van der Waals surface area contributed by atoms with Crippen molar-refractivity contribution in [1.29, 1.82) is 0 Å². The minimum Gasteiger partial charge on any atom is -0.489 e. The number of hydrogen-bond donors (Lipinski definition) is 1. The smallest absolute Gasteiger partial charge is 0.184 e. The molecule has 1 aliphatic carbocycles. The summed E-state index contributed by atoms with van der Waals surface area (Å²) in [6.07, 6.45) is 0.701. The molecule has 1 saturated carbocycles. The van der Waals surface area contributed by atoms with E-state index in [2.05, 4.69) is 0 Å². The van der Waals surface area contributed by atoms with Crippen LogP contribution in [0.15, 0.2) is 12.1 Å². The van der Waals surface area contributed by atoms with Gasteiger partial charge in [0.25, 0.3) is 0 Å². The van der Waals surface area contributed by atoms with E-state index in [1.54, 1.807) is 6.07 Å². The van der Waals surface area contributed by atoms with Crippen LogP contribution in [0.2, 0.25) is 5.02 Å². The number of ether oxygens (including phenoxy) is 3. The molecule has 0 bridgehead atoms. The second-order valence-electron chi connectivity index (χ2n) is 5.28. The fraction of sp³-hybridized carbons (Fsp3) is 0.571. The Balaban J connectivity index is 1.77. The highest BCUT2D eigenvalue weighted by molar-refractivity contribution is 6.30. The molecule has 1 saturated heterocycles. The third kappa shape index (κ3) is 1.71. The van der Waals surface area contributed by atoms with Crippen LogP contribution in [0.3, 0.4) is 0 Å². The first-order valence-electron chi connectivity index (χ1n) is 6.64. The Hall–Kier alpha value is -0.810. The predicted molar refractivity (Wildman–Crippen MR) is 68.5 cm³/mol. The molecule has 4 rings (SSSR count). The first kappa shape index (κ1) is 12.0. The molecule has 2 fully saturated rings. The Morgan fingerprint density at radius 1 is 1.47 bits per heavy atom. The molecule has 5 atom stereocenters. The maximum atomic E-state index is 10.1. The van der Waals surface area contributed by atoms with Crippen molar-refractivity contribution in [1.82, 2.24) is 0 Å². The van der Waals surface area contributed by atoms with E-state index in [0.29, 0.717) is 23.3 Å². The molecule has 19 heavy (non-hydrogen) atoms. The standard InChI is InChI=1S/C14H15ClO4/c1-2-17-14(16)8-4-6(15)3-7-11-9(18-12(7)8)5-10-13(11)19-10/h3-4,9-11,13-14,16H,2,5H2,1H3/t9?,10-,11?,13-,14?/m1/s1. The third-order valence-electron chi connectivity index (χ3n) is 4.17. The van der Waals surface area contributed by atoms with Crippen molar-refractivity contribution in [3.63, 3.8) is 0 Å². The van der Waals surface area contributed by atoms with Crippen molar-refractivity contribution in [2.75, 3.05) is 6.61 Å². The minimum absolute atomic E-state index is 0.157. The van der Waals surface area contributed by atoms with E-state index >= 15 is 0 Å². The van der Waals surface area contributed by atoms with Crippen LogP contribution in [0, 0.1) is 0 Å². The average molecular weight is 283 g/mol. The summed E-state index contributed by atoms with van der Waals surface area (Å²) in [6, 6.07) is 3.64. The molecule has 0 spiro atoms. The van der Waals surface area contributed by atoms with Gasteiger partial charge in [-0.1, -0.05) is 11.6 Å². The Labute approximate surface area is 116 Å². The van der Waals surface area contributed by atoms with Crippen LogP contribution >= 0.6 is 11.6 Å². The van der Waals surface area contributed by atoms with Crippen molar-refractivity contribution in [2.45, 2.75) is 43.9 Å². The summed E-state index contributed by atoms with van der Waals surface area (Å²) in [5.41, 5.74) is 1.67. The van der Waals surface area contributed by atoms with E-state index in [1.807, 2.05) is 13.0 Å². The molecule has 0 amide bonds. The first-order valence-corrected chi connectivity index (χ1v) is 7.02. The van der Waals surface area contributed by atoms with Gasteiger partial charge in [-0.15, -0.1) is 0 Å². The second kappa shape index (κ2) is 4.09. The number of hydrogen-bond acceptors (Lipinski definition) is 4. The molecule has 1 aromatic carbocycles. The number of aliphatic hydroxyl groups is 1. The van der Waals surface area contributed by atoms with Gasteiger partial charge in [-0.25, -0.2) is 0 Å². The van der Waals surface area contributed by atoms with E-state index in [-0.39, 0.29) is 18.1 Å². The van der Waals surface area contributed by atoms with Gasteiger partial charge in [0.15, 0.2) is 6.29 Å². The van der Waals surface area contributed by atoms with Gasteiger partial charge in [-0.2, -0.15) is 0 Å². The maximum absolute atomic E-state index is 10.1. The summed E-state index contributed by atoms with van der Waals surface area (Å²) in [7, 11) is 0. The molecule has 2 heterocycles. The van der Waals surface area contributed by atoms with Gasteiger partial charge in [0, 0.05) is 23.6 Å². The van der Waals surface area contributed by atoms with Gasteiger partial charge >= 0.3 is 0 Å². The van der Waals surface area contributed by atoms with Crippen LogP contribution in [-0.4, -0.2) is 30.0 Å². The molecule has 2 aliphatic heterocycles. The zero-order valence-electron chi connectivity index (χ0n) is 10.5. The Kier molecular flexibility index (Phi) is 2.58. The van der Waals surface area contributed by atoms with Gasteiger partial charge in [0.2, 0.25) is 0 Å². The van der Waals surface area contributed by atoms with Gasteiger partial charge in [-0.3, -0.25) is 0 Å². The largest absolute Gasteiger partial charge is 0.489 e. The molecule has 0 radical (unpaired) electrons. The average Bonchev–Trinajstić information content (AvgIpc) is 2.89. The van der Waals surface area contributed by atoms with E-state index in [4.69, 9.17) is 25.8 Å². The first-order chi connectivity index (χ1) is 9.19. The topological polar surface area (TPSA) is 51.2 Å². The van der Waals surface area contributed by atoms with E-state index in [1.165, 1.54) is 0 Å². The van der Waals surface area contributed by atoms with Crippen LogP contribution in [-0.2, 0) is 9.47 Å². The molecule has 1 N–H and O–H groups in total. The van der Waals surface area contributed by atoms with E-state index in [9.17, 15) is 5.11 Å². The van der Waals surface area contributed by atoms with E-state index in [0.717, 1.165) is 17.7 Å². The number of benzene rings is 1. The molecule has 1 aromatic rings. The van der Waals surface area contributed by atoms with Gasteiger partial charge < -0.3 is 19.3 Å². The highest BCUT2D eigenvalue weighted by Crippen LogP contribution is 2.57. The summed E-state index contributed by atoms with van der Waals surface area (Å²) in [5, 5.41) is 10.7. The zero-order chi connectivity index (χ0) is 13.1. The zero-order valence-corrected chi connectivity index (χ0v) is 11.3. The Morgan fingerprint density at radius 3 is 3.11 bits per heavy atom. The fourth-order valence-corrected chi connectivity index (χ4v) is 3.59. The molecule has 102 valence electrons. The van der Waals surface area contributed by atoms with Crippen molar-refractivity contribution in [3.05, 3.63) is 28.3 Å². The summed E-state index contributed by atoms with van der Waals surface area (Å²) in [4.78, 5) is 0. The lowest BCUT2D eigenvalue weighted by molar-refractivity contribution is -0.0992. The van der Waals surface area contributed by atoms with Crippen LogP contribution < -0.4 is 4.74 Å². The molecule has 4 nitrogen and oxygen atoms in total. The molecule has 3 unspecified atom stereocenters. The van der Waals surface area contributed by atoms with Crippen LogP contribution in [0.5, 0.6) is 5.75 Å². The van der Waals surface area contributed by atoms with Gasteiger partial charge in [0.05, 0.1) is 23.7 Å². The van der Waals surface area contributed by atoms with Crippen LogP contribution in [0.4, 0.5) is 0 Å². The van der Waals surface area contributed by atoms with Gasteiger partial charge in [0.1, 0.15) is 11.9 Å². The molecular formula is C14H15ClO4. The van der Waals surface area contributed by atoms with Crippen molar-refractivity contribution < 1.29 is 19.3 Å². The maximum Gasteiger partial charge on any atom is 0.184 e. The second-order valence-corrected chi connectivity index (χ2v) is 5.71. The number of aliphatic hydroxyl groups excluding tert-OH is 1. The monoisotopic (exact) mass is 282 g/mol. The molecular weight excluding hydrogens is 268 g/mol. The van der Waals surface area contributed by atoms with Crippen molar-refractivity contribution in [2.24, 2.45) is 0 Å². The molecule has 5 heteroatoms.